The highest BCUT2D eigenvalue weighted by molar-refractivity contribution is 9.10. The standard InChI is InChI=1S/C11H12BrN3O4/c1-2-11(18)3-8(19-7(11)5-16)15-4-6(12)9(13)14-10(15)17/h1,4,7-8,16,18H,3,5H2,(H2,13,14,17)/t7-,8-,11+/m1/s1. The van der Waals surface area contributed by atoms with E-state index in [1.165, 1.54) is 10.8 Å². The number of ether oxygens (including phenoxy) is 1. The zero-order chi connectivity index (χ0) is 14.2. The zero-order valence-electron chi connectivity index (χ0n) is 9.78. The van der Waals surface area contributed by atoms with Gasteiger partial charge in [-0.05, 0) is 15.9 Å². The Balaban J connectivity index is 2.38. The molecule has 1 fully saturated rings. The molecular formula is C11H12BrN3O4. The predicted octanol–water partition coefficient (Wildman–Crippen LogP) is -0.768. The Morgan fingerprint density at radius 3 is 3.00 bits per heavy atom. The fraction of sp³-hybridized carbons (Fsp3) is 0.455. The summed E-state index contributed by atoms with van der Waals surface area (Å²) in [5.41, 5.74) is 3.25. The van der Waals surface area contributed by atoms with E-state index in [0.29, 0.717) is 4.47 Å². The Labute approximate surface area is 117 Å². The zero-order valence-corrected chi connectivity index (χ0v) is 11.4. The van der Waals surface area contributed by atoms with E-state index in [2.05, 4.69) is 26.8 Å². The SMILES string of the molecule is C#C[C@]1(O)C[C@H](n2cc(Br)c(N)nc2=O)O[C@@H]1CO. The van der Waals surface area contributed by atoms with E-state index in [1.54, 1.807) is 0 Å². The average molecular weight is 330 g/mol. The van der Waals surface area contributed by atoms with Crippen LogP contribution in [0.1, 0.15) is 12.6 Å². The molecule has 2 rings (SSSR count). The summed E-state index contributed by atoms with van der Waals surface area (Å²) in [5, 5.41) is 19.3. The second-order valence-electron chi connectivity index (χ2n) is 4.20. The van der Waals surface area contributed by atoms with Crippen LogP contribution in [0.2, 0.25) is 0 Å². The highest BCUT2D eigenvalue weighted by Crippen LogP contribution is 2.35. The predicted molar refractivity (Wildman–Crippen MR) is 70.0 cm³/mol. The average Bonchev–Trinajstić information content (AvgIpc) is 2.71. The lowest BCUT2D eigenvalue weighted by Gasteiger charge is -2.19. The largest absolute Gasteiger partial charge is 0.394 e. The van der Waals surface area contributed by atoms with Crippen molar-refractivity contribution in [1.29, 1.82) is 0 Å². The van der Waals surface area contributed by atoms with Gasteiger partial charge in [-0.15, -0.1) is 6.42 Å². The summed E-state index contributed by atoms with van der Waals surface area (Å²) < 4.78 is 6.99. The van der Waals surface area contributed by atoms with Gasteiger partial charge in [-0.3, -0.25) is 4.57 Å². The molecule has 0 radical (unpaired) electrons. The number of aromatic nitrogens is 2. The highest BCUT2D eigenvalue weighted by Gasteiger charge is 2.47. The molecule has 4 N–H and O–H groups in total. The van der Waals surface area contributed by atoms with Crippen LogP contribution < -0.4 is 11.4 Å². The third-order valence-electron chi connectivity index (χ3n) is 3.00. The number of hydrogen-bond donors (Lipinski definition) is 3. The van der Waals surface area contributed by atoms with Gasteiger partial charge in [0.2, 0.25) is 0 Å². The lowest BCUT2D eigenvalue weighted by Crippen LogP contribution is -2.38. The molecule has 1 aliphatic rings. The molecule has 8 heteroatoms. The fourth-order valence-electron chi connectivity index (χ4n) is 1.92. The Morgan fingerprint density at radius 2 is 2.47 bits per heavy atom. The van der Waals surface area contributed by atoms with Crippen LogP contribution in [0.4, 0.5) is 5.82 Å². The second-order valence-corrected chi connectivity index (χ2v) is 5.05. The first-order chi connectivity index (χ1) is 8.91. The van der Waals surface area contributed by atoms with Crippen molar-refractivity contribution in [3.63, 3.8) is 0 Å². The van der Waals surface area contributed by atoms with Gasteiger partial charge in [-0.25, -0.2) is 4.79 Å². The summed E-state index contributed by atoms with van der Waals surface area (Å²) in [7, 11) is 0. The summed E-state index contributed by atoms with van der Waals surface area (Å²) >= 11 is 3.15. The van der Waals surface area contributed by atoms with Crippen molar-refractivity contribution in [2.75, 3.05) is 12.3 Å². The van der Waals surface area contributed by atoms with Crippen molar-refractivity contribution in [3.8, 4) is 12.3 Å². The van der Waals surface area contributed by atoms with Gasteiger partial charge in [-0.1, -0.05) is 5.92 Å². The van der Waals surface area contributed by atoms with Crippen LogP contribution >= 0.6 is 15.9 Å². The van der Waals surface area contributed by atoms with Gasteiger partial charge < -0.3 is 20.7 Å². The Morgan fingerprint density at radius 1 is 1.79 bits per heavy atom. The first-order valence-corrected chi connectivity index (χ1v) is 6.21. The molecule has 2 heterocycles. The van der Waals surface area contributed by atoms with Crippen molar-refractivity contribution >= 4 is 21.7 Å². The van der Waals surface area contributed by atoms with E-state index in [-0.39, 0.29) is 12.2 Å². The van der Waals surface area contributed by atoms with Crippen molar-refractivity contribution in [3.05, 3.63) is 21.2 Å². The van der Waals surface area contributed by atoms with Gasteiger partial charge in [0.05, 0.1) is 11.1 Å². The first-order valence-electron chi connectivity index (χ1n) is 5.42. The fourth-order valence-corrected chi connectivity index (χ4v) is 2.23. The molecule has 0 bridgehead atoms. The maximum absolute atomic E-state index is 11.7. The molecule has 3 atom stereocenters. The monoisotopic (exact) mass is 329 g/mol. The van der Waals surface area contributed by atoms with Gasteiger partial charge >= 0.3 is 5.69 Å². The normalized spacial score (nSPS) is 30.2. The Bertz CT molecular complexity index is 597. The summed E-state index contributed by atoms with van der Waals surface area (Å²) in [6.45, 7) is -0.449. The van der Waals surface area contributed by atoms with E-state index < -0.39 is 30.2 Å². The molecule has 0 amide bonds. The van der Waals surface area contributed by atoms with Crippen LogP contribution in [-0.4, -0.2) is 38.1 Å². The van der Waals surface area contributed by atoms with Gasteiger partial charge in [0.15, 0.2) is 5.60 Å². The van der Waals surface area contributed by atoms with E-state index in [4.69, 9.17) is 22.0 Å². The number of nitrogens with zero attached hydrogens (tertiary/aromatic N) is 2. The van der Waals surface area contributed by atoms with E-state index in [0.717, 1.165) is 0 Å². The number of hydrogen-bond acceptors (Lipinski definition) is 6. The topological polar surface area (TPSA) is 111 Å². The van der Waals surface area contributed by atoms with E-state index >= 15 is 0 Å². The minimum atomic E-state index is -1.62. The molecule has 1 aromatic heterocycles. The van der Waals surface area contributed by atoms with Crippen LogP contribution in [0.3, 0.4) is 0 Å². The number of rotatable bonds is 2. The Kier molecular flexibility index (Phi) is 3.64. The molecule has 1 saturated heterocycles. The summed E-state index contributed by atoms with van der Waals surface area (Å²) in [6, 6.07) is 0. The molecule has 0 aliphatic carbocycles. The van der Waals surface area contributed by atoms with Gasteiger partial charge in [0.1, 0.15) is 18.1 Å². The second kappa shape index (κ2) is 4.94. The minimum Gasteiger partial charge on any atom is -0.394 e. The molecule has 19 heavy (non-hydrogen) atoms. The smallest absolute Gasteiger partial charge is 0.351 e. The summed E-state index contributed by atoms with van der Waals surface area (Å²) in [4.78, 5) is 15.4. The summed E-state index contributed by atoms with van der Waals surface area (Å²) in [6.07, 6.45) is 4.87. The third kappa shape index (κ3) is 2.37. The van der Waals surface area contributed by atoms with Crippen LogP contribution in [-0.2, 0) is 4.74 Å². The number of aliphatic hydroxyl groups is 2. The maximum atomic E-state index is 11.7. The number of nitrogens with two attached hydrogens (primary N) is 1. The van der Waals surface area contributed by atoms with Crippen LogP contribution in [0.25, 0.3) is 0 Å². The molecule has 0 spiro atoms. The van der Waals surface area contributed by atoms with Crippen molar-refractivity contribution < 1.29 is 14.9 Å². The van der Waals surface area contributed by atoms with E-state index in [9.17, 15) is 9.90 Å². The van der Waals surface area contributed by atoms with Crippen molar-refractivity contribution in [1.82, 2.24) is 9.55 Å². The number of halogens is 1. The number of aliphatic hydroxyl groups excluding tert-OH is 1. The van der Waals surface area contributed by atoms with Crippen molar-refractivity contribution in [2.24, 2.45) is 0 Å². The van der Waals surface area contributed by atoms with Gasteiger partial charge in [0.25, 0.3) is 0 Å². The molecule has 1 aliphatic heterocycles. The lowest BCUT2D eigenvalue weighted by molar-refractivity contribution is -0.0624. The molecule has 1 aromatic rings. The Hall–Kier alpha value is -1.40. The number of terminal acetylenes is 1. The van der Waals surface area contributed by atoms with Crippen LogP contribution in [0.5, 0.6) is 0 Å². The van der Waals surface area contributed by atoms with Crippen LogP contribution in [0.15, 0.2) is 15.5 Å². The van der Waals surface area contributed by atoms with Gasteiger partial charge in [0, 0.05) is 12.6 Å². The number of nitrogen functional groups attached to an aromatic ring is 1. The quantitative estimate of drug-likeness (QED) is 0.615. The highest BCUT2D eigenvalue weighted by atomic mass is 79.9. The molecule has 0 unspecified atom stereocenters. The third-order valence-corrected chi connectivity index (χ3v) is 3.61. The maximum Gasteiger partial charge on any atom is 0.351 e. The first kappa shape index (κ1) is 14.0. The molecule has 102 valence electrons. The number of anilines is 1. The minimum absolute atomic E-state index is 0.0212. The van der Waals surface area contributed by atoms with Crippen molar-refractivity contribution in [2.45, 2.75) is 24.4 Å². The molecule has 0 saturated carbocycles. The van der Waals surface area contributed by atoms with Crippen LogP contribution in [0, 0.1) is 12.3 Å². The van der Waals surface area contributed by atoms with E-state index in [1.807, 2.05) is 0 Å². The molecular weight excluding hydrogens is 318 g/mol. The lowest BCUT2D eigenvalue weighted by atomic mass is 9.96. The van der Waals surface area contributed by atoms with Gasteiger partial charge in [-0.2, -0.15) is 4.98 Å². The molecule has 7 nitrogen and oxygen atoms in total. The summed E-state index contributed by atoms with van der Waals surface area (Å²) in [5.74, 6) is 2.25. The molecule has 0 aromatic carbocycles.